The highest BCUT2D eigenvalue weighted by Crippen LogP contribution is 2.32. The second kappa shape index (κ2) is 10.4. The Labute approximate surface area is 223 Å². The number of phenols is 1. The summed E-state index contributed by atoms with van der Waals surface area (Å²) in [5, 5.41) is 18.3. The van der Waals surface area contributed by atoms with Crippen LogP contribution in [0.5, 0.6) is 5.75 Å². The molecule has 0 bridgehead atoms. The number of imidazole rings is 1. The quantitative estimate of drug-likeness (QED) is 0.302. The smallest absolute Gasteiger partial charge is 0.248 e. The molecule has 0 saturated heterocycles. The third-order valence-corrected chi connectivity index (χ3v) is 6.48. The molecule has 5 N–H and O–H groups in total. The van der Waals surface area contributed by atoms with E-state index in [0.717, 1.165) is 24.1 Å². The predicted molar refractivity (Wildman–Crippen MR) is 145 cm³/mol. The number of hydrogen-bond acceptors (Lipinski definition) is 8. The number of anilines is 1. The van der Waals surface area contributed by atoms with Gasteiger partial charge in [-0.25, -0.2) is 15.0 Å². The molecule has 3 aromatic heterocycles. The summed E-state index contributed by atoms with van der Waals surface area (Å²) in [4.78, 5) is 34.4. The molecule has 192 valence electrons. The number of aryl methyl sites for hydroxylation is 2. The average molecular weight is 518 g/mol. The number of primary amides is 1. The van der Waals surface area contributed by atoms with Gasteiger partial charge in [-0.3, -0.25) is 14.2 Å². The summed E-state index contributed by atoms with van der Waals surface area (Å²) in [6.07, 6.45) is 5.51. The molecule has 6 rings (SSSR count). The fourth-order valence-corrected chi connectivity index (χ4v) is 4.55. The number of fused-ring (bicyclic) bond motifs is 2. The first-order chi connectivity index (χ1) is 18.9. The Hall–Kier alpha value is -5.56. The zero-order chi connectivity index (χ0) is 27.5. The van der Waals surface area contributed by atoms with Crippen LogP contribution in [0.15, 0.2) is 66.9 Å². The van der Waals surface area contributed by atoms with Gasteiger partial charge in [0.15, 0.2) is 17.8 Å². The van der Waals surface area contributed by atoms with Crippen LogP contribution in [0.1, 0.15) is 44.0 Å². The van der Waals surface area contributed by atoms with Gasteiger partial charge in [0.25, 0.3) is 0 Å². The van der Waals surface area contributed by atoms with Crippen molar-refractivity contribution in [2.24, 2.45) is 5.73 Å². The number of nitrogens with two attached hydrogens (primary N) is 2. The number of amides is 1. The van der Waals surface area contributed by atoms with Crippen molar-refractivity contribution in [2.75, 3.05) is 5.73 Å². The van der Waals surface area contributed by atoms with Gasteiger partial charge in [-0.05, 0) is 85.0 Å². The highest BCUT2D eigenvalue weighted by molar-refractivity contribution is 5.95. The van der Waals surface area contributed by atoms with Crippen LogP contribution in [0.4, 0.5) is 5.82 Å². The number of benzene rings is 2. The molecule has 39 heavy (non-hydrogen) atoms. The monoisotopic (exact) mass is 517 g/mol. The van der Waals surface area contributed by atoms with Gasteiger partial charge in [0, 0.05) is 17.4 Å². The minimum atomic E-state index is -0.627. The zero-order valence-corrected chi connectivity index (χ0v) is 20.7. The maximum atomic E-state index is 10.6. The van der Waals surface area contributed by atoms with Gasteiger partial charge in [-0.1, -0.05) is 6.07 Å². The van der Waals surface area contributed by atoms with Crippen LogP contribution in [0.25, 0.3) is 28.2 Å². The van der Waals surface area contributed by atoms with Crippen molar-refractivity contribution in [1.29, 1.82) is 5.26 Å². The van der Waals surface area contributed by atoms with Gasteiger partial charge in [-0.2, -0.15) is 5.26 Å². The molecule has 1 amide bonds. The largest absolute Gasteiger partial charge is 0.507 e. The number of phenolic OH excluding ortho intramolecular Hbond substituents is 1. The highest BCUT2D eigenvalue weighted by atomic mass is 16.3. The van der Waals surface area contributed by atoms with Crippen LogP contribution in [-0.2, 0) is 12.8 Å². The van der Waals surface area contributed by atoms with E-state index in [1.54, 1.807) is 12.3 Å². The predicted octanol–water partition coefficient (Wildman–Crippen LogP) is 3.73. The van der Waals surface area contributed by atoms with Crippen molar-refractivity contribution in [3.05, 3.63) is 94.8 Å². The number of aromatic nitrogens is 4. The number of pyridine rings is 2. The average Bonchev–Trinajstić information content (AvgIpc) is 3.57. The Morgan fingerprint density at radius 3 is 2.62 bits per heavy atom. The lowest BCUT2D eigenvalue weighted by Gasteiger charge is -2.11. The Morgan fingerprint density at radius 1 is 1.05 bits per heavy atom. The van der Waals surface area contributed by atoms with Crippen molar-refractivity contribution in [1.82, 2.24) is 19.5 Å². The normalized spacial score (nSPS) is 11.8. The van der Waals surface area contributed by atoms with Gasteiger partial charge in [-0.15, -0.1) is 0 Å². The van der Waals surface area contributed by atoms with E-state index in [1.165, 1.54) is 35.7 Å². The van der Waals surface area contributed by atoms with Gasteiger partial charge in [0.1, 0.15) is 28.8 Å². The summed E-state index contributed by atoms with van der Waals surface area (Å²) in [5.74, 6) is 0.306. The van der Waals surface area contributed by atoms with E-state index in [4.69, 9.17) is 21.6 Å². The molecule has 5 aromatic rings. The number of aromatic hydroxyl groups is 1. The van der Waals surface area contributed by atoms with Crippen molar-refractivity contribution >= 4 is 29.2 Å². The molecule has 1 aliphatic carbocycles. The molecule has 0 unspecified atom stereocenters. The summed E-state index contributed by atoms with van der Waals surface area (Å²) in [6.45, 7) is 0. The molecular formula is C29H23N7O3. The summed E-state index contributed by atoms with van der Waals surface area (Å²) in [7, 11) is 0. The number of nitriles is 1. The lowest BCUT2D eigenvalue weighted by Crippen LogP contribution is -2.10. The first kappa shape index (κ1) is 25.1. The molecule has 1 aliphatic rings. The van der Waals surface area contributed by atoms with Crippen molar-refractivity contribution in [2.45, 2.75) is 19.3 Å². The fraction of sp³-hybridized carbons (Fsp3) is 0.103. The third kappa shape index (κ3) is 4.89. The maximum Gasteiger partial charge on any atom is 0.248 e. The number of rotatable bonds is 4. The van der Waals surface area contributed by atoms with Gasteiger partial charge in [0.05, 0.1) is 11.1 Å². The first-order valence-electron chi connectivity index (χ1n) is 12.1. The molecule has 3 heterocycles. The topological polar surface area (TPSA) is 174 Å². The second-order valence-electron chi connectivity index (χ2n) is 8.92. The van der Waals surface area contributed by atoms with E-state index in [0.29, 0.717) is 34.8 Å². The molecule has 0 aliphatic heterocycles. The maximum absolute atomic E-state index is 10.6. The van der Waals surface area contributed by atoms with E-state index >= 15 is 0 Å². The Bertz CT molecular complexity index is 1790. The third-order valence-electron chi connectivity index (χ3n) is 6.48. The highest BCUT2D eigenvalue weighted by Gasteiger charge is 2.20. The Balaban J connectivity index is 0.000000217. The minimum absolute atomic E-state index is 0.0614. The number of nitrogens with zero attached hydrogens (tertiary/aromatic N) is 5. The second-order valence-corrected chi connectivity index (χ2v) is 8.92. The standard InChI is InChI=1S/C21H16N6.C8H7NO3/c22-12-15-7-9-18-21(25-15)27(16-8-6-13-3-1-4-14(13)11-16)20(26-18)17-5-2-10-24-19(17)23;9-8(12)5-1-2-7(11)6(3-5)4-10/h2,5-11H,1,3-4H2,(H2,23,24);1-4,11H,(H2,9,12). The van der Waals surface area contributed by atoms with E-state index in [1.807, 2.05) is 22.8 Å². The molecule has 0 saturated carbocycles. The number of aldehydes is 1. The molecular weight excluding hydrogens is 494 g/mol. The van der Waals surface area contributed by atoms with Crippen LogP contribution in [0.2, 0.25) is 0 Å². The van der Waals surface area contributed by atoms with E-state index in [-0.39, 0.29) is 16.9 Å². The van der Waals surface area contributed by atoms with Gasteiger partial charge < -0.3 is 16.6 Å². The SMILES string of the molecule is N#Cc1ccc2nc(-c3cccnc3N)n(-c3ccc4c(c3)CCC4)c2n1.NC(=O)c1ccc(O)c(C=O)c1. The number of carbonyl (C=O) groups is 2. The molecule has 0 radical (unpaired) electrons. The summed E-state index contributed by atoms with van der Waals surface area (Å²) < 4.78 is 1.97. The molecule has 0 atom stereocenters. The Morgan fingerprint density at radius 2 is 1.87 bits per heavy atom. The lowest BCUT2D eigenvalue weighted by molar-refractivity contribution is 0.1000. The van der Waals surface area contributed by atoms with E-state index in [9.17, 15) is 14.9 Å². The summed E-state index contributed by atoms with van der Waals surface area (Å²) >= 11 is 0. The summed E-state index contributed by atoms with van der Waals surface area (Å²) in [5.41, 5.74) is 17.5. The van der Waals surface area contributed by atoms with Crippen LogP contribution in [0.3, 0.4) is 0 Å². The molecule has 10 heteroatoms. The van der Waals surface area contributed by atoms with Crippen molar-refractivity contribution in [3.8, 4) is 28.9 Å². The van der Waals surface area contributed by atoms with E-state index < -0.39 is 5.91 Å². The Kier molecular flexibility index (Phi) is 6.72. The van der Waals surface area contributed by atoms with Crippen LogP contribution in [-0.4, -0.2) is 36.8 Å². The molecule has 10 nitrogen and oxygen atoms in total. The first-order valence-corrected chi connectivity index (χ1v) is 12.1. The van der Waals surface area contributed by atoms with Crippen LogP contribution < -0.4 is 11.5 Å². The lowest BCUT2D eigenvalue weighted by atomic mass is 10.1. The zero-order valence-electron chi connectivity index (χ0n) is 20.7. The van der Waals surface area contributed by atoms with Gasteiger partial charge in [0.2, 0.25) is 5.91 Å². The molecule has 0 fully saturated rings. The van der Waals surface area contributed by atoms with Crippen molar-refractivity contribution in [3.63, 3.8) is 0 Å². The summed E-state index contributed by atoms with van der Waals surface area (Å²) in [6, 6.07) is 19.7. The number of nitrogen functional groups attached to an aromatic ring is 1. The molecule has 0 spiro atoms. The number of carbonyl (C=O) groups excluding carboxylic acids is 2. The fourth-order valence-electron chi connectivity index (χ4n) is 4.55. The molecule has 2 aromatic carbocycles. The number of hydrogen-bond donors (Lipinski definition) is 3. The van der Waals surface area contributed by atoms with E-state index in [2.05, 4.69) is 34.2 Å². The van der Waals surface area contributed by atoms with Crippen LogP contribution >= 0.6 is 0 Å². The van der Waals surface area contributed by atoms with Gasteiger partial charge >= 0.3 is 0 Å². The van der Waals surface area contributed by atoms with Crippen molar-refractivity contribution < 1.29 is 14.7 Å². The van der Waals surface area contributed by atoms with Crippen LogP contribution in [0, 0.1) is 11.3 Å². The minimum Gasteiger partial charge on any atom is -0.507 e.